The third-order valence-corrected chi connectivity index (χ3v) is 2.76. The molecule has 0 unspecified atom stereocenters. The highest BCUT2D eigenvalue weighted by molar-refractivity contribution is 5.82. The molecule has 1 rings (SSSR count). The zero-order chi connectivity index (χ0) is 12.8. The summed E-state index contributed by atoms with van der Waals surface area (Å²) in [5.41, 5.74) is 0. The fourth-order valence-electron chi connectivity index (χ4n) is 1.81. The van der Waals surface area contributed by atoms with Gasteiger partial charge in [-0.25, -0.2) is 4.79 Å². The number of rotatable bonds is 5. The maximum atomic E-state index is 11.9. The standard InChI is InChI=1S/C11H16N2O4/c1-2-13(7-3-6-12)10(14)8-4-5-9(17-8)11(15)16/h8-9H,2-5,7H2,1H3,(H,15,16)/t8-,9+/m0/s1. The summed E-state index contributed by atoms with van der Waals surface area (Å²) in [6, 6.07) is 1.98. The van der Waals surface area contributed by atoms with Gasteiger partial charge in [0.05, 0.1) is 12.5 Å². The van der Waals surface area contributed by atoms with Gasteiger partial charge >= 0.3 is 5.97 Å². The Bertz CT molecular complexity index is 337. The van der Waals surface area contributed by atoms with Crippen LogP contribution in [0.1, 0.15) is 26.2 Å². The van der Waals surface area contributed by atoms with Crippen LogP contribution in [0.5, 0.6) is 0 Å². The summed E-state index contributed by atoms with van der Waals surface area (Å²) in [5.74, 6) is -1.24. The molecule has 1 aliphatic rings. The van der Waals surface area contributed by atoms with E-state index in [1.165, 1.54) is 4.90 Å². The SMILES string of the molecule is CCN(CCC#N)C(=O)[C@@H]1CC[C@H](C(=O)O)O1. The van der Waals surface area contributed by atoms with Crippen LogP contribution in [0.2, 0.25) is 0 Å². The molecule has 0 radical (unpaired) electrons. The van der Waals surface area contributed by atoms with E-state index in [0.29, 0.717) is 25.9 Å². The molecule has 6 heteroatoms. The molecule has 1 fully saturated rings. The lowest BCUT2D eigenvalue weighted by Gasteiger charge is -2.22. The highest BCUT2D eigenvalue weighted by atomic mass is 16.5. The van der Waals surface area contributed by atoms with Crippen LogP contribution in [0.3, 0.4) is 0 Å². The van der Waals surface area contributed by atoms with E-state index < -0.39 is 18.2 Å². The Kier molecular flexibility index (Phi) is 4.91. The minimum atomic E-state index is -1.03. The largest absolute Gasteiger partial charge is 0.479 e. The Hall–Kier alpha value is -1.61. The number of hydrogen-bond acceptors (Lipinski definition) is 4. The minimum absolute atomic E-state index is 0.216. The van der Waals surface area contributed by atoms with Crippen LogP contribution in [0.4, 0.5) is 0 Å². The van der Waals surface area contributed by atoms with E-state index in [4.69, 9.17) is 15.1 Å². The van der Waals surface area contributed by atoms with Crippen molar-refractivity contribution in [3.63, 3.8) is 0 Å². The van der Waals surface area contributed by atoms with Gasteiger partial charge < -0.3 is 14.7 Å². The van der Waals surface area contributed by atoms with Gasteiger partial charge in [0.15, 0.2) is 6.10 Å². The van der Waals surface area contributed by atoms with Gasteiger partial charge in [0, 0.05) is 13.1 Å². The summed E-state index contributed by atoms with van der Waals surface area (Å²) in [5, 5.41) is 17.2. The van der Waals surface area contributed by atoms with Crippen LogP contribution >= 0.6 is 0 Å². The van der Waals surface area contributed by atoms with Crippen molar-refractivity contribution >= 4 is 11.9 Å². The number of carboxylic acids is 1. The van der Waals surface area contributed by atoms with Crippen LogP contribution in [-0.2, 0) is 14.3 Å². The van der Waals surface area contributed by atoms with E-state index in [9.17, 15) is 9.59 Å². The van der Waals surface area contributed by atoms with Crippen LogP contribution in [0.15, 0.2) is 0 Å². The molecule has 1 aliphatic heterocycles. The van der Waals surface area contributed by atoms with Gasteiger partial charge in [0.1, 0.15) is 6.10 Å². The Balaban J connectivity index is 2.52. The number of carbonyl (C=O) groups is 2. The number of likely N-dealkylation sites (N-methyl/N-ethyl adjacent to an activating group) is 1. The second-order valence-corrected chi connectivity index (χ2v) is 3.85. The van der Waals surface area contributed by atoms with Crippen molar-refractivity contribution in [2.24, 2.45) is 0 Å². The summed E-state index contributed by atoms with van der Waals surface area (Å²) in [6.45, 7) is 2.68. The van der Waals surface area contributed by atoms with E-state index in [0.717, 1.165) is 0 Å². The highest BCUT2D eigenvalue weighted by Crippen LogP contribution is 2.21. The molecule has 1 N–H and O–H groups in total. The molecule has 2 atom stereocenters. The van der Waals surface area contributed by atoms with Crippen molar-refractivity contribution in [2.75, 3.05) is 13.1 Å². The van der Waals surface area contributed by atoms with Crippen molar-refractivity contribution in [3.8, 4) is 6.07 Å². The first-order chi connectivity index (χ1) is 8.10. The molecule has 0 aromatic rings. The van der Waals surface area contributed by atoms with Gasteiger partial charge in [-0.3, -0.25) is 4.79 Å². The van der Waals surface area contributed by atoms with Crippen LogP contribution < -0.4 is 0 Å². The third kappa shape index (κ3) is 3.43. The van der Waals surface area contributed by atoms with Crippen LogP contribution in [0.25, 0.3) is 0 Å². The van der Waals surface area contributed by atoms with E-state index in [1.807, 2.05) is 13.0 Å². The highest BCUT2D eigenvalue weighted by Gasteiger charge is 2.36. The molecular formula is C11H16N2O4. The topological polar surface area (TPSA) is 90.6 Å². The molecule has 1 amide bonds. The molecule has 17 heavy (non-hydrogen) atoms. The number of carboxylic acid groups (broad SMARTS) is 1. The van der Waals surface area contributed by atoms with E-state index in [1.54, 1.807) is 0 Å². The summed E-state index contributed by atoms with van der Waals surface area (Å²) in [4.78, 5) is 24.2. The average Bonchev–Trinajstić information content (AvgIpc) is 2.79. The number of nitrogens with zero attached hydrogens (tertiary/aromatic N) is 2. The summed E-state index contributed by atoms with van der Waals surface area (Å²) in [7, 11) is 0. The molecule has 94 valence electrons. The quantitative estimate of drug-likeness (QED) is 0.750. The van der Waals surface area contributed by atoms with Gasteiger partial charge in [-0.2, -0.15) is 5.26 Å². The number of nitriles is 1. The molecule has 0 aromatic carbocycles. The third-order valence-electron chi connectivity index (χ3n) is 2.76. The van der Waals surface area contributed by atoms with Crippen molar-refractivity contribution in [1.82, 2.24) is 4.90 Å². The van der Waals surface area contributed by atoms with Crippen LogP contribution in [0, 0.1) is 11.3 Å². The molecule has 1 saturated heterocycles. The Morgan fingerprint density at radius 3 is 2.59 bits per heavy atom. The van der Waals surface area contributed by atoms with Gasteiger partial charge in [0.25, 0.3) is 5.91 Å². The zero-order valence-electron chi connectivity index (χ0n) is 9.76. The fourth-order valence-corrected chi connectivity index (χ4v) is 1.81. The molecular weight excluding hydrogens is 224 g/mol. The van der Waals surface area contributed by atoms with Gasteiger partial charge in [-0.15, -0.1) is 0 Å². The number of hydrogen-bond donors (Lipinski definition) is 1. The first-order valence-electron chi connectivity index (χ1n) is 5.64. The number of amides is 1. The van der Waals surface area contributed by atoms with Crippen LogP contribution in [-0.4, -0.2) is 47.2 Å². The smallest absolute Gasteiger partial charge is 0.332 e. The number of ether oxygens (including phenoxy) is 1. The lowest BCUT2D eigenvalue weighted by Crippen LogP contribution is -2.40. The van der Waals surface area contributed by atoms with Gasteiger partial charge in [-0.1, -0.05) is 0 Å². The maximum absolute atomic E-state index is 11.9. The summed E-state index contributed by atoms with van der Waals surface area (Å²) >= 11 is 0. The second-order valence-electron chi connectivity index (χ2n) is 3.85. The van der Waals surface area contributed by atoms with E-state index in [-0.39, 0.29) is 12.3 Å². The first-order valence-corrected chi connectivity index (χ1v) is 5.64. The minimum Gasteiger partial charge on any atom is -0.479 e. The molecule has 0 bridgehead atoms. The summed E-state index contributed by atoms with van der Waals surface area (Å²) < 4.78 is 5.17. The second kappa shape index (κ2) is 6.21. The van der Waals surface area contributed by atoms with Crippen molar-refractivity contribution in [3.05, 3.63) is 0 Å². The lowest BCUT2D eigenvalue weighted by atomic mass is 10.2. The molecule has 0 aromatic heterocycles. The Labute approximate surface area is 99.8 Å². The zero-order valence-corrected chi connectivity index (χ0v) is 9.76. The predicted octanol–water partition coefficient (Wildman–Crippen LogP) is 0.381. The van der Waals surface area contributed by atoms with Crippen molar-refractivity contribution in [2.45, 2.75) is 38.4 Å². The fraction of sp³-hybridized carbons (Fsp3) is 0.727. The predicted molar refractivity (Wildman–Crippen MR) is 58.0 cm³/mol. The first kappa shape index (κ1) is 13.5. The number of carbonyl (C=O) groups excluding carboxylic acids is 1. The lowest BCUT2D eigenvalue weighted by molar-refractivity contribution is -0.154. The maximum Gasteiger partial charge on any atom is 0.332 e. The number of aliphatic carboxylic acids is 1. The molecule has 0 spiro atoms. The molecule has 6 nitrogen and oxygen atoms in total. The summed E-state index contributed by atoms with van der Waals surface area (Å²) in [6.07, 6.45) is -0.483. The van der Waals surface area contributed by atoms with Crippen molar-refractivity contribution in [1.29, 1.82) is 5.26 Å². The molecule has 0 saturated carbocycles. The van der Waals surface area contributed by atoms with E-state index >= 15 is 0 Å². The monoisotopic (exact) mass is 240 g/mol. The van der Waals surface area contributed by atoms with Gasteiger partial charge in [0.2, 0.25) is 0 Å². The normalized spacial score (nSPS) is 23.1. The Morgan fingerprint density at radius 1 is 1.47 bits per heavy atom. The Morgan fingerprint density at radius 2 is 2.12 bits per heavy atom. The van der Waals surface area contributed by atoms with Gasteiger partial charge in [-0.05, 0) is 19.8 Å². The van der Waals surface area contributed by atoms with E-state index in [2.05, 4.69) is 0 Å². The average molecular weight is 240 g/mol. The van der Waals surface area contributed by atoms with Crippen molar-refractivity contribution < 1.29 is 19.4 Å². The molecule has 0 aliphatic carbocycles. The molecule has 1 heterocycles.